The maximum Gasteiger partial charge on any atom is 0.0897 e. The fraction of sp³-hybridized carbons (Fsp3) is 0.727. The summed E-state index contributed by atoms with van der Waals surface area (Å²) < 4.78 is 5.46. The summed E-state index contributed by atoms with van der Waals surface area (Å²) in [6, 6.07) is 0.368. The average Bonchev–Trinajstić information content (AvgIpc) is 2.59. The molecule has 1 aromatic heterocycles. The van der Waals surface area contributed by atoms with Crippen LogP contribution in [0.4, 0.5) is 0 Å². The fourth-order valence-electron chi connectivity index (χ4n) is 1.25. The van der Waals surface area contributed by atoms with Gasteiger partial charge in [0.25, 0.3) is 0 Å². The first-order chi connectivity index (χ1) is 7.09. The predicted molar refractivity (Wildman–Crippen MR) is 64.4 cm³/mol. The molecule has 0 saturated carbocycles. The number of nitrogens with zero attached hydrogens (tertiary/aromatic N) is 1. The zero-order valence-electron chi connectivity index (χ0n) is 9.91. The smallest absolute Gasteiger partial charge is 0.0897 e. The molecule has 0 aliphatic carbocycles. The second kappa shape index (κ2) is 6.20. The van der Waals surface area contributed by atoms with Crippen molar-refractivity contribution in [2.75, 3.05) is 13.2 Å². The van der Waals surface area contributed by atoms with E-state index in [1.807, 2.05) is 13.1 Å². The number of thiazole rings is 1. The molecule has 1 aromatic rings. The largest absolute Gasteiger partial charge is 0.377 e. The van der Waals surface area contributed by atoms with Crippen molar-refractivity contribution in [2.45, 2.75) is 39.8 Å². The van der Waals surface area contributed by atoms with Gasteiger partial charge in [0.05, 0.1) is 17.7 Å². The van der Waals surface area contributed by atoms with E-state index in [1.54, 1.807) is 11.3 Å². The van der Waals surface area contributed by atoms with Crippen LogP contribution in [0.1, 0.15) is 36.7 Å². The molecule has 0 spiro atoms. The summed E-state index contributed by atoms with van der Waals surface area (Å²) in [6.45, 7) is 9.94. The van der Waals surface area contributed by atoms with Crippen molar-refractivity contribution >= 4 is 11.3 Å². The van der Waals surface area contributed by atoms with Crippen molar-refractivity contribution in [1.29, 1.82) is 0 Å². The summed E-state index contributed by atoms with van der Waals surface area (Å²) in [6.07, 6.45) is 2.26. The lowest BCUT2D eigenvalue weighted by molar-refractivity contribution is 0.0797. The number of ether oxygens (including phenoxy) is 1. The highest BCUT2D eigenvalue weighted by Crippen LogP contribution is 2.19. The van der Waals surface area contributed by atoms with Gasteiger partial charge in [0, 0.05) is 23.7 Å². The van der Waals surface area contributed by atoms with Crippen molar-refractivity contribution in [2.24, 2.45) is 0 Å². The molecule has 15 heavy (non-hydrogen) atoms. The molecular weight excluding hydrogens is 208 g/mol. The number of aromatic nitrogens is 1. The van der Waals surface area contributed by atoms with Crippen LogP contribution in [-0.2, 0) is 4.74 Å². The van der Waals surface area contributed by atoms with Crippen LogP contribution < -0.4 is 5.32 Å². The van der Waals surface area contributed by atoms with Crippen molar-refractivity contribution < 1.29 is 4.74 Å². The van der Waals surface area contributed by atoms with Gasteiger partial charge in [-0.1, -0.05) is 0 Å². The van der Waals surface area contributed by atoms with E-state index >= 15 is 0 Å². The molecule has 1 rings (SSSR count). The molecule has 0 aliphatic rings. The molecule has 0 saturated heterocycles. The van der Waals surface area contributed by atoms with E-state index in [1.165, 1.54) is 4.88 Å². The Hall–Kier alpha value is -0.450. The van der Waals surface area contributed by atoms with Gasteiger partial charge in [0.15, 0.2) is 0 Å². The van der Waals surface area contributed by atoms with Crippen molar-refractivity contribution in [3.8, 4) is 0 Å². The Kier molecular flexibility index (Phi) is 5.22. The van der Waals surface area contributed by atoms with Crippen LogP contribution in [0.25, 0.3) is 0 Å². The van der Waals surface area contributed by atoms with E-state index in [2.05, 4.69) is 31.1 Å². The monoisotopic (exact) mass is 228 g/mol. The third-order valence-corrected chi connectivity index (χ3v) is 3.17. The molecular formula is C11H20N2OS. The average molecular weight is 228 g/mol. The number of nitrogens with one attached hydrogen (secondary N) is 1. The number of hydrogen-bond donors (Lipinski definition) is 1. The van der Waals surface area contributed by atoms with Crippen LogP contribution in [0, 0.1) is 6.92 Å². The molecule has 4 heteroatoms. The van der Waals surface area contributed by atoms with Crippen LogP contribution >= 0.6 is 11.3 Å². The van der Waals surface area contributed by atoms with Gasteiger partial charge < -0.3 is 10.1 Å². The van der Waals surface area contributed by atoms with E-state index in [0.717, 1.165) is 18.2 Å². The Balaban J connectivity index is 2.21. The quantitative estimate of drug-likeness (QED) is 0.760. The van der Waals surface area contributed by atoms with E-state index in [4.69, 9.17) is 4.74 Å². The minimum absolute atomic E-state index is 0.313. The highest BCUT2D eigenvalue weighted by Gasteiger charge is 2.07. The SMILES string of the molecule is Cc1ncc(C(C)NCCOC(C)C)s1. The van der Waals surface area contributed by atoms with E-state index in [-0.39, 0.29) is 0 Å². The van der Waals surface area contributed by atoms with Gasteiger partial charge in [-0.15, -0.1) is 11.3 Å². The van der Waals surface area contributed by atoms with E-state index in [0.29, 0.717) is 12.1 Å². The van der Waals surface area contributed by atoms with Gasteiger partial charge in [-0.3, -0.25) is 0 Å². The van der Waals surface area contributed by atoms with Crippen molar-refractivity contribution in [3.63, 3.8) is 0 Å². The van der Waals surface area contributed by atoms with Gasteiger partial charge in [0.1, 0.15) is 0 Å². The molecule has 1 unspecified atom stereocenters. The number of rotatable bonds is 6. The van der Waals surface area contributed by atoms with E-state index < -0.39 is 0 Å². The molecule has 0 radical (unpaired) electrons. The first kappa shape index (κ1) is 12.6. The predicted octanol–water partition coefficient (Wildman–Crippen LogP) is 2.53. The minimum atomic E-state index is 0.313. The Morgan fingerprint density at radius 2 is 2.20 bits per heavy atom. The topological polar surface area (TPSA) is 34.2 Å². The molecule has 0 aromatic carbocycles. The first-order valence-electron chi connectivity index (χ1n) is 5.37. The molecule has 1 N–H and O–H groups in total. The molecule has 0 aliphatic heterocycles. The molecule has 3 nitrogen and oxygen atoms in total. The third-order valence-electron chi connectivity index (χ3n) is 2.07. The normalized spacial score (nSPS) is 13.4. The Morgan fingerprint density at radius 3 is 2.73 bits per heavy atom. The Bertz CT molecular complexity index is 286. The van der Waals surface area contributed by atoms with Crippen LogP contribution in [-0.4, -0.2) is 24.2 Å². The highest BCUT2D eigenvalue weighted by atomic mass is 32.1. The fourth-order valence-corrected chi connectivity index (χ4v) is 2.06. The number of aryl methyl sites for hydroxylation is 1. The van der Waals surface area contributed by atoms with Gasteiger partial charge in [-0.2, -0.15) is 0 Å². The lowest BCUT2D eigenvalue weighted by Gasteiger charge is -2.12. The van der Waals surface area contributed by atoms with Crippen LogP contribution in [0.15, 0.2) is 6.20 Å². The summed E-state index contributed by atoms with van der Waals surface area (Å²) in [5, 5.41) is 4.54. The molecule has 1 heterocycles. The lowest BCUT2D eigenvalue weighted by Crippen LogP contribution is -2.23. The molecule has 0 fully saturated rings. The van der Waals surface area contributed by atoms with Crippen molar-refractivity contribution in [3.05, 3.63) is 16.1 Å². The van der Waals surface area contributed by atoms with Gasteiger partial charge in [-0.25, -0.2) is 4.98 Å². The summed E-state index contributed by atoms with van der Waals surface area (Å²) in [7, 11) is 0. The lowest BCUT2D eigenvalue weighted by atomic mass is 10.3. The Labute approximate surface area is 95.9 Å². The summed E-state index contributed by atoms with van der Waals surface area (Å²) in [5.74, 6) is 0. The minimum Gasteiger partial charge on any atom is -0.377 e. The second-order valence-electron chi connectivity index (χ2n) is 3.88. The zero-order valence-corrected chi connectivity index (χ0v) is 10.7. The standard InChI is InChI=1S/C11H20N2OS/c1-8(2)14-6-5-12-9(3)11-7-13-10(4)15-11/h7-9,12H,5-6H2,1-4H3. The first-order valence-corrected chi connectivity index (χ1v) is 6.18. The molecule has 0 bridgehead atoms. The van der Waals surface area contributed by atoms with Gasteiger partial charge in [0.2, 0.25) is 0 Å². The van der Waals surface area contributed by atoms with E-state index in [9.17, 15) is 0 Å². The van der Waals surface area contributed by atoms with Gasteiger partial charge >= 0.3 is 0 Å². The van der Waals surface area contributed by atoms with Crippen LogP contribution in [0.2, 0.25) is 0 Å². The Morgan fingerprint density at radius 1 is 1.47 bits per heavy atom. The second-order valence-corrected chi connectivity index (χ2v) is 5.14. The summed E-state index contributed by atoms with van der Waals surface area (Å²) in [4.78, 5) is 5.53. The van der Waals surface area contributed by atoms with Crippen LogP contribution in [0.5, 0.6) is 0 Å². The maximum atomic E-state index is 5.46. The summed E-state index contributed by atoms with van der Waals surface area (Å²) in [5.41, 5.74) is 0. The third kappa shape index (κ3) is 4.73. The summed E-state index contributed by atoms with van der Waals surface area (Å²) >= 11 is 1.75. The molecule has 1 atom stereocenters. The van der Waals surface area contributed by atoms with Crippen LogP contribution in [0.3, 0.4) is 0 Å². The molecule has 0 amide bonds. The maximum absolute atomic E-state index is 5.46. The highest BCUT2D eigenvalue weighted by molar-refractivity contribution is 7.11. The van der Waals surface area contributed by atoms with Crippen molar-refractivity contribution in [1.82, 2.24) is 10.3 Å². The number of hydrogen-bond acceptors (Lipinski definition) is 4. The zero-order chi connectivity index (χ0) is 11.3. The van der Waals surface area contributed by atoms with Gasteiger partial charge in [-0.05, 0) is 27.7 Å². The molecule has 86 valence electrons.